The number of aryl methyl sites for hydroxylation is 2. The molecule has 2 N–H and O–H groups in total. The van der Waals surface area contributed by atoms with E-state index in [-0.39, 0.29) is 0 Å². The minimum atomic E-state index is 0.349. The molecule has 0 amide bonds. The van der Waals surface area contributed by atoms with Gasteiger partial charge in [0.15, 0.2) is 5.96 Å². The van der Waals surface area contributed by atoms with E-state index in [1.807, 2.05) is 32.4 Å². The highest BCUT2D eigenvalue weighted by Gasteiger charge is 2.24. The predicted octanol–water partition coefficient (Wildman–Crippen LogP) is 2.43. The van der Waals surface area contributed by atoms with Gasteiger partial charge in [-0.3, -0.25) is 4.99 Å². The van der Waals surface area contributed by atoms with Crippen molar-refractivity contribution in [2.75, 3.05) is 45.8 Å². The SMILES string of the molecule is CN=C(NCCCCn1ccnc1C)NC1CCN(c2cc(OC)cc(OC)c2)C1. The third-order valence-corrected chi connectivity index (χ3v) is 5.50. The van der Waals surface area contributed by atoms with Gasteiger partial charge >= 0.3 is 0 Å². The third-order valence-electron chi connectivity index (χ3n) is 5.50. The number of nitrogens with zero attached hydrogens (tertiary/aromatic N) is 4. The second kappa shape index (κ2) is 10.8. The van der Waals surface area contributed by atoms with Crippen molar-refractivity contribution >= 4 is 11.6 Å². The molecule has 1 saturated heterocycles. The Kier molecular flexibility index (Phi) is 7.82. The topological polar surface area (TPSA) is 75.9 Å². The number of rotatable bonds is 9. The molecule has 1 atom stereocenters. The van der Waals surface area contributed by atoms with E-state index in [2.05, 4.69) is 42.2 Å². The number of aliphatic imine (C=N–C) groups is 1. The van der Waals surface area contributed by atoms with E-state index >= 15 is 0 Å². The summed E-state index contributed by atoms with van der Waals surface area (Å²) in [6.45, 7) is 5.83. The Bertz CT molecular complexity index is 813. The Morgan fingerprint density at radius 3 is 2.60 bits per heavy atom. The van der Waals surface area contributed by atoms with Crippen LogP contribution in [-0.4, -0.2) is 62.5 Å². The monoisotopic (exact) mass is 414 g/mol. The summed E-state index contributed by atoms with van der Waals surface area (Å²) in [4.78, 5) is 11.0. The van der Waals surface area contributed by atoms with Gasteiger partial charge in [0, 0.05) is 75.5 Å². The number of guanidine groups is 1. The number of benzene rings is 1. The highest BCUT2D eigenvalue weighted by Crippen LogP contribution is 2.30. The highest BCUT2D eigenvalue weighted by molar-refractivity contribution is 5.80. The van der Waals surface area contributed by atoms with Gasteiger partial charge in [-0.25, -0.2) is 4.98 Å². The van der Waals surface area contributed by atoms with Crippen molar-refractivity contribution < 1.29 is 9.47 Å². The largest absolute Gasteiger partial charge is 0.497 e. The summed E-state index contributed by atoms with van der Waals surface area (Å²) in [6, 6.07) is 6.36. The third kappa shape index (κ3) is 5.81. The Hall–Kier alpha value is -2.90. The lowest BCUT2D eigenvalue weighted by Gasteiger charge is -2.21. The van der Waals surface area contributed by atoms with E-state index in [9.17, 15) is 0 Å². The first kappa shape index (κ1) is 21.8. The lowest BCUT2D eigenvalue weighted by molar-refractivity contribution is 0.394. The number of unbranched alkanes of at least 4 members (excludes halogenated alkanes) is 1. The van der Waals surface area contributed by atoms with Gasteiger partial charge in [0.05, 0.1) is 14.2 Å². The van der Waals surface area contributed by atoms with Crippen LogP contribution in [0.3, 0.4) is 0 Å². The van der Waals surface area contributed by atoms with Gasteiger partial charge in [-0.15, -0.1) is 0 Å². The summed E-state index contributed by atoms with van der Waals surface area (Å²) in [5.41, 5.74) is 1.12. The molecule has 1 aliphatic heterocycles. The number of imidazole rings is 1. The van der Waals surface area contributed by atoms with Crippen molar-refractivity contribution in [2.45, 2.75) is 38.8 Å². The number of hydrogen-bond donors (Lipinski definition) is 2. The maximum absolute atomic E-state index is 5.40. The van der Waals surface area contributed by atoms with Crippen LogP contribution in [-0.2, 0) is 6.54 Å². The molecule has 8 nitrogen and oxygen atoms in total. The summed E-state index contributed by atoms with van der Waals surface area (Å²) in [6.07, 6.45) is 7.13. The summed E-state index contributed by atoms with van der Waals surface area (Å²) in [5, 5.41) is 6.99. The zero-order valence-electron chi connectivity index (χ0n) is 18.5. The van der Waals surface area contributed by atoms with Crippen molar-refractivity contribution in [2.24, 2.45) is 4.99 Å². The number of nitrogens with one attached hydrogen (secondary N) is 2. The smallest absolute Gasteiger partial charge is 0.191 e. The molecule has 2 heterocycles. The molecule has 1 aliphatic rings. The number of anilines is 1. The predicted molar refractivity (Wildman–Crippen MR) is 121 cm³/mol. The number of ether oxygens (including phenoxy) is 2. The van der Waals surface area contributed by atoms with Gasteiger partial charge in [0.2, 0.25) is 0 Å². The molecule has 1 unspecified atom stereocenters. The van der Waals surface area contributed by atoms with Crippen molar-refractivity contribution in [1.29, 1.82) is 0 Å². The summed E-state index contributed by atoms with van der Waals surface area (Å²) in [5.74, 6) is 3.55. The first-order valence-corrected chi connectivity index (χ1v) is 10.6. The van der Waals surface area contributed by atoms with Crippen molar-refractivity contribution in [1.82, 2.24) is 20.2 Å². The van der Waals surface area contributed by atoms with Gasteiger partial charge < -0.3 is 29.6 Å². The number of hydrogen-bond acceptors (Lipinski definition) is 5. The molecule has 1 aromatic heterocycles. The van der Waals surface area contributed by atoms with Crippen LogP contribution in [0.2, 0.25) is 0 Å². The molecule has 0 saturated carbocycles. The average molecular weight is 415 g/mol. The fourth-order valence-electron chi connectivity index (χ4n) is 3.73. The molecule has 3 rings (SSSR count). The Morgan fingerprint density at radius 2 is 1.97 bits per heavy atom. The van der Waals surface area contributed by atoms with Gasteiger partial charge in [-0.05, 0) is 26.2 Å². The minimum Gasteiger partial charge on any atom is -0.497 e. The van der Waals surface area contributed by atoms with Gasteiger partial charge in [-0.2, -0.15) is 0 Å². The van der Waals surface area contributed by atoms with Crippen molar-refractivity contribution in [3.05, 3.63) is 36.4 Å². The standard InChI is InChI=1S/C22H34N6O2/c1-17-24-9-12-27(17)10-6-5-8-25-22(23-2)26-18-7-11-28(16-18)19-13-20(29-3)15-21(14-19)30-4/h9,12-15,18H,5-8,10-11,16H2,1-4H3,(H2,23,25,26). The quantitative estimate of drug-likeness (QED) is 0.373. The summed E-state index contributed by atoms with van der Waals surface area (Å²) < 4.78 is 13.0. The van der Waals surface area contributed by atoms with Gasteiger partial charge in [0.1, 0.15) is 17.3 Å². The summed E-state index contributed by atoms with van der Waals surface area (Å²) >= 11 is 0. The van der Waals surface area contributed by atoms with Crippen LogP contribution in [0.4, 0.5) is 5.69 Å². The van der Waals surface area contributed by atoms with Crippen LogP contribution in [0.25, 0.3) is 0 Å². The van der Waals surface area contributed by atoms with Crippen LogP contribution in [0.5, 0.6) is 11.5 Å². The molecular weight excluding hydrogens is 380 g/mol. The lowest BCUT2D eigenvalue weighted by Crippen LogP contribution is -2.44. The maximum Gasteiger partial charge on any atom is 0.191 e. The molecule has 0 spiro atoms. The van der Waals surface area contributed by atoms with Gasteiger partial charge in [-0.1, -0.05) is 0 Å². The molecule has 1 aromatic carbocycles. The highest BCUT2D eigenvalue weighted by atomic mass is 16.5. The second-order valence-corrected chi connectivity index (χ2v) is 7.52. The average Bonchev–Trinajstić information content (AvgIpc) is 3.41. The van der Waals surface area contributed by atoms with Crippen LogP contribution >= 0.6 is 0 Å². The Morgan fingerprint density at radius 1 is 1.20 bits per heavy atom. The number of aromatic nitrogens is 2. The molecule has 0 bridgehead atoms. The molecular formula is C22H34N6O2. The maximum atomic E-state index is 5.40. The molecule has 0 radical (unpaired) electrons. The molecule has 0 aliphatic carbocycles. The van der Waals surface area contributed by atoms with E-state index in [1.165, 1.54) is 0 Å². The lowest BCUT2D eigenvalue weighted by atomic mass is 10.2. The Labute approximate surface area is 179 Å². The first-order valence-electron chi connectivity index (χ1n) is 10.6. The van der Waals surface area contributed by atoms with Crippen LogP contribution < -0.4 is 25.0 Å². The van der Waals surface area contributed by atoms with E-state index in [1.54, 1.807) is 14.2 Å². The minimum absolute atomic E-state index is 0.349. The van der Waals surface area contributed by atoms with E-state index in [0.29, 0.717) is 6.04 Å². The van der Waals surface area contributed by atoms with E-state index in [0.717, 1.165) is 74.4 Å². The molecule has 2 aromatic rings. The fraction of sp³-hybridized carbons (Fsp3) is 0.545. The molecule has 164 valence electrons. The van der Waals surface area contributed by atoms with E-state index < -0.39 is 0 Å². The molecule has 1 fully saturated rings. The zero-order valence-corrected chi connectivity index (χ0v) is 18.5. The second-order valence-electron chi connectivity index (χ2n) is 7.52. The zero-order chi connectivity index (χ0) is 21.3. The number of methoxy groups -OCH3 is 2. The van der Waals surface area contributed by atoms with Gasteiger partial charge in [0.25, 0.3) is 0 Å². The van der Waals surface area contributed by atoms with Crippen LogP contribution in [0.1, 0.15) is 25.1 Å². The Balaban J connectivity index is 1.43. The summed E-state index contributed by atoms with van der Waals surface area (Å²) in [7, 11) is 5.18. The first-order chi connectivity index (χ1) is 14.6. The normalized spacial score (nSPS) is 16.6. The van der Waals surface area contributed by atoms with Crippen molar-refractivity contribution in [3.8, 4) is 11.5 Å². The molecule has 30 heavy (non-hydrogen) atoms. The molecule has 8 heteroatoms. The fourth-order valence-corrected chi connectivity index (χ4v) is 3.73. The van der Waals surface area contributed by atoms with Crippen LogP contribution in [0.15, 0.2) is 35.6 Å². The van der Waals surface area contributed by atoms with Crippen molar-refractivity contribution in [3.63, 3.8) is 0 Å². The van der Waals surface area contributed by atoms with Crippen LogP contribution in [0, 0.1) is 6.92 Å². The van der Waals surface area contributed by atoms with E-state index in [4.69, 9.17) is 9.47 Å².